The third kappa shape index (κ3) is 3.42. The molecule has 0 bridgehead atoms. The summed E-state index contributed by atoms with van der Waals surface area (Å²) in [4.78, 5) is 17.4. The Morgan fingerprint density at radius 2 is 1.97 bits per heavy atom. The van der Waals surface area contributed by atoms with E-state index in [-0.39, 0.29) is 11.8 Å². The van der Waals surface area contributed by atoms with E-state index in [4.69, 9.17) is 19.6 Å². The number of aryl methyl sites for hydroxylation is 1. The van der Waals surface area contributed by atoms with Crippen LogP contribution in [0.15, 0.2) is 42.5 Å². The molecule has 2 aromatic heterocycles. The molecule has 1 amide bonds. The van der Waals surface area contributed by atoms with Crippen LogP contribution in [-0.2, 0) is 4.79 Å². The number of amides is 1. The van der Waals surface area contributed by atoms with Crippen molar-refractivity contribution in [3.05, 3.63) is 59.3 Å². The van der Waals surface area contributed by atoms with Gasteiger partial charge in [-0.05, 0) is 49.7 Å². The van der Waals surface area contributed by atoms with Gasteiger partial charge in [0.2, 0.25) is 11.0 Å². The number of hydrogen-bond donors (Lipinski definition) is 1. The van der Waals surface area contributed by atoms with Crippen molar-refractivity contribution in [1.82, 2.24) is 14.8 Å². The quantitative estimate of drug-likeness (QED) is 0.494. The number of aromatic nitrogens is 3. The highest BCUT2D eigenvalue weighted by atomic mass is 32.1. The maximum atomic E-state index is 12.6. The number of rotatable bonds is 5. The molecule has 0 aliphatic carbocycles. The zero-order chi connectivity index (χ0) is 21.5. The Labute approximate surface area is 183 Å². The zero-order valence-electron chi connectivity index (χ0n) is 17.5. The van der Waals surface area contributed by atoms with Crippen LogP contribution >= 0.6 is 11.3 Å². The topological polar surface area (TPSA) is 78.3 Å². The van der Waals surface area contributed by atoms with Crippen LogP contribution in [0.25, 0.3) is 15.3 Å². The Kier molecular flexibility index (Phi) is 4.86. The van der Waals surface area contributed by atoms with Gasteiger partial charge >= 0.3 is 0 Å². The lowest BCUT2D eigenvalue weighted by Crippen LogP contribution is -2.24. The Hall–Kier alpha value is -3.39. The molecule has 158 valence electrons. The molecule has 0 radical (unpaired) electrons. The molecule has 1 aliphatic heterocycles. The fourth-order valence-electron chi connectivity index (χ4n) is 4.05. The van der Waals surface area contributed by atoms with Crippen molar-refractivity contribution in [2.24, 2.45) is 0 Å². The predicted molar refractivity (Wildman–Crippen MR) is 121 cm³/mol. The first-order valence-corrected chi connectivity index (χ1v) is 11.0. The molecule has 7 nitrogen and oxygen atoms in total. The molecule has 2 aromatic carbocycles. The van der Waals surface area contributed by atoms with Gasteiger partial charge in [0.1, 0.15) is 17.3 Å². The summed E-state index contributed by atoms with van der Waals surface area (Å²) in [5, 5.41) is 8.49. The van der Waals surface area contributed by atoms with Crippen LogP contribution < -0.4 is 14.8 Å². The van der Waals surface area contributed by atoms with E-state index in [0.717, 1.165) is 38.5 Å². The van der Waals surface area contributed by atoms with E-state index < -0.39 is 0 Å². The standard InChI is InChI=1S/C23H22N4O3S/c1-4-30-16-9-10-18-19(11-16)31-23(24-18)27-22-21(13(2)26-27)17(12-20(28)25-22)14-5-7-15(29-3)8-6-14/h5-11,17H,4,12H2,1-3H3,(H,25,28)/t17-/m0/s1. The van der Waals surface area contributed by atoms with Crippen molar-refractivity contribution < 1.29 is 14.3 Å². The van der Waals surface area contributed by atoms with Crippen LogP contribution in [0.3, 0.4) is 0 Å². The molecule has 0 unspecified atom stereocenters. The number of carbonyl (C=O) groups is 1. The summed E-state index contributed by atoms with van der Waals surface area (Å²) < 4.78 is 13.6. The molecular weight excluding hydrogens is 412 g/mol. The predicted octanol–water partition coefficient (Wildman–Crippen LogP) is 4.67. The summed E-state index contributed by atoms with van der Waals surface area (Å²) in [5.74, 6) is 2.20. The van der Waals surface area contributed by atoms with Gasteiger partial charge in [-0.3, -0.25) is 4.79 Å². The summed E-state index contributed by atoms with van der Waals surface area (Å²) in [7, 11) is 1.64. The lowest BCUT2D eigenvalue weighted by molar-refractivity contribution is -0.116. The van der Waals surface area contributed by atoms with Gasteiger partial charge in [-0.15, -0.1) is 0 Å². The Morgan fingerprint density at radius 3 is 2.71 bits per heavy atom. The lowest BCUT2D eigenvalue weighted by atomic mass is 9.86. The molecule has 1 N–H and O–H groups in total. The number of nitrogens with one attached hydrogen (secondary N) is 1. The number of methoxy groups -OCH3 is 1. The molecule has 1 atom stereocenters. The molecule has 1 aliphatic rings. The smallest absolute Gasteiger partial charge is 0.226 e. The summed E-state index contributed by atoms with van der Waals surface area (Å²) in [6.07, 6.45) is 0.378. The summed E-state index contributed by atoms with van der Waals surface area (Å²) in [6.45, 7) is 4.55. The van der Waals surface area contributed by atoms with E-state index in [1.165, 1.54) is 11.3 Å². The SMILES string of the molecule is CCOc1ccc2nc(-n3nc(C)c4c3NC(=O)C[C@H]4c3ccc(OC)cc3)sc2c1. The molecule has 5 rings (SSSR count). The highest BCUT2D eigenvalue weighted by Gasteiger charge is 2.33. The largest absolute Gasteiger partial charge is 0.497 e. The molecule has 3 heterocycles. The van der Waals surface area contributed by atoms with Gasteiger partial charge in [-0.2, -0.15) is 9.78 Å². The first-order chi connectivity index (χ1) is 15.1. The average molecular weight is 435 g/mol. The number of anilines is 1. The normalized spacial score (nSPS) is 15.6. The Balaban J connectivity index is 1.59. The maximum absolute atomic E-state index is 12.6. The summed E-state index contributed by atoms with van der Waals surface area (Å²) in [6, 6.07) is 13.7. The first-order valence-electron chi connectivity index (χ1n) is 10.1. The third-order valence-electron chi connectivity index (χ3n) is 5.46. The molecule has 31 heavy (non-hydrogen) atoms. The number of thiazole rings is 1. The van der Waals surface area contributed by atoms with Gasteiger partial charge in [0.25, 0.3) is 0 Å². The molecule has 8 heteroatoms. The fourth-order valence-corrected chi connectivity index (χ4v) is 5.00. The van der Waals surface area contributed by atoms with Crippen LogP contribution in [0, 0.1) is 6.92 Å². The third-order valence-corrected chi connectivity index (χ3v) is 6.46. The van der Waals surface area contributed by atoms with Gasteiger partial charge in [0, 0.05) is 17.9 Å². The number of nitrogens with zero attached hydrogens (tertiary/aromatic N) is 3. The Bertz CT molecular complexity index is 1280. The summed E-state index contributed by atoms with van der Waals surface area (Å²) in [5.41, 5.74) is 3.84. The molecule has 4 aromatic rings. The van der Waals surface area contributed by atoms with Crippen LogP contribution in [0.2, 0.25) is 0 Å². The minimum Gasteiger partial charge on any atom is -0.497 e. The van der Waals surface area contributed by atoms with Crippen molar-refractivity contribution in [2.45, 2.75) is 26.2 Å². The van der Waals surface area contributed by atoms with Crippen molar-refractivity contribution in [1.29, 1.82) is 0 Å². The number of fused-ring (bicyclic) bond motifs is 2. The monoisotopic (exact) mass is 434 g/mol. The summed E-state index contributed by atoms with van der Waals surface area (Å²) >= 11 is 1.52. The number of benzene rings is 2. The molecular formula is C23H22N4O3S. The highest BCUT2D eigenvalue weighted by Crippen LogP contribution is 2.41. The van der Waals surface area contributed by atoms with Crippen LogP contribution in [0.1, 0.15) is 36.1 Å². The minimum atomic E-state index is -0.0673. The van der Waals surface area contributed by atoms with E-state index in [2.05, 4.69) is 5.32 Å². The second-order valence-electron chi connectivity index (χ2n) is 7.40. The fraction of sp³-hybridized carbons (Fsp3) is 0.261. The Morgan fingerprint density at radius 1 is 1.19 bits per heavy atom. The number of hydrogen-bond acceptors (Lipinski definition) is 6. The second-order valence-corrected chi connectivity index (χ2v) is 8.41. The lowest BCUT2D eigenvalue weighted by Gasteiger charge is -2.24. The van der Waals surface area contributed by atoms with Gasteiger partial charge in [0.15, 0.2) is 0 Å². The molecule has 0 saturated carbocycles. The molecule has 0 fully saturated rings. The van der Waals surface area contributed by atoms with E-state index in [9.17, 15) is 4.79 Å². The van der Waals surface area contributed by atoms with Crippen LogP contribution in [0.5, 0.6) is 11.5 Å². The van der Waals surface area contributed by atoms with Crippen molar-refractivity contribution >= 4 is 33.3 Å². The van der Waals surface area contributed by atoms with E-state index >= 15 is 0 Å². The van der Waals surface area contributed by atoms with Crippen molar-refractivity contribution in [2.75, 3.05) is 19.0 Å². The number of ether oxygens (including phenoxy) is 2. The first kappa shape index (κ1) is 19.6. The second kappa shape index (κ2) is 7.70. The van der Waals surface area contributed by atoms with Gasteiger partial charge in [0.05, 0.1) is 29.6 Å². The number of carbonyl (C=O) groups excluding carboxylic acids is 1. The average Bonchev–Trinajstić information content (AvgIpc) is 3.34. The van der Waals surface area contributed by atoms with Crippen LogP contribution in [-0.4, -0.2) is 34.4 Å². The minimum absolute atomic E-state index is 0.0331. The zero-order valence-corrected chi connectivity index (χ0v) is 18.3. The van der Waals surface area contributed by atoms with Crippen molar-refractivity contribution in [3.8, 4) is 16.6 Å². The van der Waals surface area contributed by atoms with Crippen molar-refractivity contribution in [3.63, 3.8) is 0 Å². The highest BCUT2D eigenvalue weighted by molar-refractivity contribution is 7.20. The van der Waals surface area contributed by atoms with Gasteiger partial charge < -0.3 is 14.8 Å². The van der Waals surface area contributed by atoms with E-state index in [1.807, 2.05) is 56.3 Å². The van der Waals surface area contributed by atoms with Gasteiger partial charge in [-0.25, -0.2) is 4.98 Å². The van der Waals surface area contributed by atoms with Crippen LogP contribution in [0.4, 0.5) is 5.82 Å². The van der Waals surface area contributed by atoms with E-state index in [0.29, 0.717) is 24.0 Å². The van der Waals surface area contributed by atoms with Gasteiger partial charge in [-0.1, -0.05) is 23.5 Å². The molecule has 0 saturated heterocycles. The van der Waals surface area contributed by atoms with E-state index in [1.54, 1.807) is 11.8 Å². The maximum Gasteiger partial charge on any atom is 0.226 e. The molecule has 0 spiro atoms.